The van der Waals surface area contributed by atoms with E-state index in [0.717, 1.165) is 35.9 Å². The summed E-state index contributed by atoms with van der Waals surface area (Å²) in [5.74, 6) is 2.53. The number of methoxy groups -OCH3 is 2. The second kappa shape index (κ2) is 6.66. The van der Waals surface area contributed by atoms with Gasteiger partial charge in [-0.1, -0.05) is 0 Å². The minimum atomic E-state index is 0.756. The zero-order valence-electron chi connectivity index (χ0n) is 10.1. The predicted molar refractivity (Wildman–Crippen MR) is 69.7 cm³/mol. The third-order valence-electron chi connectivity index (χ3n) is 2.49. The lowest BCUT2D eigenvalue weighted by atomic mass is 10.1. The second-order valence-corrected chi connectivity index (χ2v) is 3.93. The van der Waals surface area contributed by atoms with Gasteiger partial charge < -0.3 is 9.47 Å². The highest BCUT2D eigenvalue weighted by Gasteiger charge is 2.06. The highest BCUT2D eigenvalue weighted by molar-refractivity contribution is 7.80. The van der Waals surface area contributed by atoms with E-state index in [9.17, 15) is 0 Å². The molecule has 90 valence electrons. The molecular formula is C12H19NO2S. The molecule has 1 rings (SSSR count). The molecule has 0 atom stereocenters. The van der Waals surface area contributed by atoms with Gasteiger partial charge in [0.1, 0.15) is 11.5 Å². The quantitative estimate of drug-likeness (QED) is 0.608. The van der Waals surface area contributed by atoms with Crippen molar-refractivity contribution >= 4 is 12.6 Å². The Morgan fingerprint density at radius 1 is 1.25 bits per heavy atom. The maximum atomic E-state index is 5.32. The van der Waals surface area contributed by atoms with Crippen LogP contribution >= 0.6 is 12.6 Å². The fourth-order valence-electron chi connectivity index (χ4n) is 1.46. The average molecular weight is 241 g/mol. The highest BCUT2D eigenvalue weighted by atomic mass is 32.1. The largest absolute Gasteiger partial charge is 0.497 e. The molecule has 0 bridgehead atoms. The van der Waals surface area contributed by atoms with Gasteiger partial charge in [-0.3, -0.25) is 4.90 Å². The van der Waals surface area contributed by atoms with Gasteiger partial charge in [0.2, 0.25) is 0 Å². The maximum absolute atomic E-state index is 5.32. The van der Waals surface area contributed by atoms with Crippen molar-refractivity contribution in [1.82, 2.24) is 4.90 Å². The van der Waals surface area contributed by atoms with Crippen molar-refractivity contribution in [3.8, 4) is 11.5 Å². The van der Waals surface area contributed by atoms with Crippen LogP contribution in [-0.4, -0.2) is 38.6 Å². The molecule has 0 aromatic heterocycles. The van der Waals surface area contributed by atoms with Crippen LogP contribution in [0.3, 0.4) is 0 Å². The molecule has 0 spiro atoms. The summed E-state index contributed by atoms with van der Waals surface area (Å²) in [5, 5.41) is 0. The zero-order valence-corrected chi connectivity index (χ0v) is 11.0. The van der Waals surface area contributed by atoms with E-state index in [1.807, 2.05) is 25.2 Å². The Hall–Kier alpha value is -0.870. The summed E-state index contributed by atoms with van der Waals surface area (Å²) in [6, 6.07) is 5.87. The molecule has 4 heteroatoms. The van der Waals surface area contributed by atoms with Crippen LogP contribution in [0.5, 0.6) is 11.5 Å². The minimum absolute atomic E-state index is 0.756. The monoisotopic (exact) mass is 241 g/mol. The van der Waals surface area contributed by atoms with E-state index >= 15 is 0 Å². The first kappa shape index (κ1) is 13.2. The second-order valence-electron chi connectivity index (χ2n) is 3.65. The molecule has 0 unspecified atom stereocenters. The molecule has 1 aromatic carbocycles. The molecule has 16 heavy (non-hydrogen) atoms. The minimum Gasteiger partial charge on any atom is -0.497 e. The molecule has 0 saturated heterocycles. The number of ether oxygens (including phenoxy) is 2. The first-order chi connectivity index (χ1) is 7.71. The van der Waals surface area contributed by atoms with Crippen LogP contribution in [0.15, 0.2) is 18.2 Å². The first-order valence-corrected chi connectivity index (χ1v) is 5.84. The molecule has 0 heterocycles. The summed E-state index contributed by atoms with van der Waals surface area (Å²) in [4.78, 5) is 2.14. The Morgan fingerprint density at radius 3 is 2.56 bits per heavy atom. The van der Waals surface area contributed by atoms with Crippen molar-refractivity contribution in [2.75, 3.05) is 33.7 Å². The van der Waals surface area contributed by atoms with Crippen LogP contribution in [0, 0.1) is 0 Å². The van der Waals surface area contributed by atoms with Gasteiger partial charge in [-0.15, -0.1) is 0 Å². The third kappa shape index (κ3) is 3.61. The van der Waals surface area contributed by atoms with Gasteiger partial charge in [-0.05, 0) is 37.2 Å². The Bertz CT molecular complexity index is 331. The standard InChI is InChI=1S/C12H19NO2S/c1-13(9-16)7-6-10-8-11(14-2)4-5-12(10)15-3/h4-5,8,16H,6-7,9H2,1-3H3. The molecule has 0 amide bonds. The van der Waals surface area contributed by atoms with E-state index in [1.165, 1.54) is 0 Å². The number of rotatable bonds is 6. The molecule has 0 aliphatic rings. The van der Waals surface area contributed by atoms with Gasteiger partial charge in [-0.2, -0.15) is 12.6 Å². The van der Waals surface area contributed by atoms with Gasteiger partial charge in [0, 0.05) is 12.4 Å². The summed E-state index contributed by atoms with van der Waals surface area (Å²) >= 11 is 4.22. The van der Waals surface area contributed by atoms with E-state index in [2.05, 4.69) is 17.5 Å². The van der Waals surface area contributed by atoms with Crippen LogP contribution in [0.4, 0.5) is 0 Å². The normalized spacial score (nSPS) is 10.6. The third-order valence-corrected chi connectivity index (χ3v) is 2.97. The van der Waals surface area contributed by atoms with Crippen LogP contribution < -0.4 is 9.47 Å². The SMILES string of the molecule is COc1ccc(OC)c(CCN(C)CS)c1. The Balaban J connectivity index is 2.75. The van der Waals surface area contributed by atoms with Crippen molar-refractivity contribution in [3.05, 3.63) is 23.8 Å². The van der Waals surface area contributed by atoms with E-state index in [4.69, 9.17) is 9.47 Å². The Labute approximate surface area is 103 Å². The lowest BCUT2D eigenvalue weighted by molar-refractivity contribution is 0.380. The van der Waals surface area contributed by atoms with Crippen molar-refractivity contribution in [2.24, 2.45) is 0 Å². The van der Waals surface area contributed by atoms with Crippen LogP contribution in [0.2, 0.25) is 0 Å². The number of hydrogen-bond acceptors (Lipinski definition) is 4. The maximum Gasteiger partial charge on any atom is 0.122 e. The molecule has 0 aliphatic heterocycles. The van der Waals surface area contributed by atoms with Gasteiger partial charge in [0.05, 0.1) is 14.2 Å². The number of thiol groups is 1. The van der Waals surface area contributed by atoms with Gasteiger partial charge >= 0.3 is 0 Å². The summed E-state index contributed by atoms with van der Waals surface area (Å²) in [5.41, 5.74) is 1.16. The van der Waals surface area contributed by atoms with Crippen LogP contribution in [0.1, 0.15) is 5.56 Å². The fourth-order valence-corrected chi connectivity index (χ4v) is 1.60. The van der Waals surface area contributed by atoms with Crippen molar-refractivity contribution in [1.29, 1.82) is 0 Å². The summed E-state index contributed by atoms with van der Waals surface area (Å²) in [7, 11) is 5.40. The molecule has 3 nitrogen and oxygen atoms in total. The molecule has 1 aromatic rings. The topological polar surface area (TPSA) is 21.7 Å². The van der Waals surface area contributed by atoms with Gasteiger partial charge in [0.25, 0.3) is 0 Å². The van der Waals surface area contributed by atoms with E-state index in [0.29, 0.717) is 0 Å². The van der Waals surface area contributed by atoms with Gasteiger partial charge in [-0.25, -0.2) is 0 Å². The predicted octanol–water partition coefficient (Wildman–Crippen LogP) is 2.07. The van der Waals surface area contributed by atoms with Crippen molar-refractivity contribution in [2.45, 2.75) is 6.42 Å². The molecule has 0 aliphatic carbocycles. The zero-order chi connectivity index (χ0) is 12.0. The lowest BCUT2D eigenvalue weighted by Crippen LogP contribution is -2.19. The molecule has 0 N–H and O–H groups in total. The lowest BCUT2D eigenvalue weighted by Gasteiger charge is -2.15. The highest BCUT2D eigenvalue weighted by Crippen LogP contribution is 2.24. The molecule has 0 radical (unpaired) electrons. The van der Waals surface area contributed by atoms with Crippen molar-refractivity contribution in [3.63, 3.8) is 0 Å². The molecular weight excluding hydrogens is 222 g/mol. The Morgan fingerprint density at radius 2 is 2.00 bits per heavy atom. The number of likely N-dealkylation sites (N-methyl/N-ethyl adjacent to an activating group) is 1. The average Bonchev–Trinajstić information content (AvgIpc) is 2.35. The van der Waals surface area contributed by atoms with Crippen molar-refractivity contribution < 1.29 is 9.47 Å². The van der Waals surface area contributed by atoms with Crippen LogP contribution in [0.25, 0.3) is 0 Å². The number of hydrogen-bond donors (Lipinski definition) is 1. The first-order valence-electron chi connectivity index (χ1n) is 5.21. The summed E-state index contributed by atoms with van der Waals surface area (Å²) in [6.07, 6.45) is 0.928. The number of benzene rings is 1. The summed E-state index contributed by atoms with van der Waals surface area (Å²) < 4.78 is 10.5. The van der Waals surface area contributed by atoms with E-state index in [-0.39, 0.29) is 0 Å². The van der Waals surface area contributed by atoms with Crippen LogP contribution in [-0.2, 0) is 6.42 Å². The number of nitrogens with zero attached hydrogens (tertiary/aromatic N) is 1. The molecule has 0 saturated carbocycles. The Kier molecular flexibility index (Phi) is 5.49. The fraction of sp³-hybridized carbons (Fsp3) is 0.500. The van der Waals surface area contributed by atoms with E-state index in [1.54, 1.807) is 14.2 Å². The summed E-state index contributed by atoms with van der Waals surface area (Å²) in [6.45, 7) is 0.951. The molecule has 0 fully saturated rings. The van der Waals surface area contributed by atoms with Gasteiger partial charge in [0.15, 0.2) is 0 Å². The smallest absolute Gasteiger partial charge is 0.122 e. The van der Waals surface area contributed by atoms with E-state index < -0.39 is 0 Å².